The third kappa shape index (κ3) is 2.32. The number of hydrogen-bond acceptors (Lipinski definition) is 5. The Bertz CT molecular complexity index is 646. The molecule has 2 aromatic rings. The first kappa shape index (κ1) is 13.5. The molecule has 0 saturated carbocycles. The summed E-state index contributed by atoms with van der Waals surface area (Å²) < 4.78 is 6.31. The van der Waals surface area contributed by atoms with Crippen molar-refractivity contribution in [3.63, 3.8) is 0 Å². The second-order valence-electron chi connectivity index (χ2n) is 4.32. The van der Waals surface area contributed by atoms with Crippen molar-refractivity contribution in [1.29, 1.82) is 0 Å². The molecular weight excluding hydrogens is 342 g/mol. The molecule has 0 spiro atoms. The first-order valence-corrected chi connectivity index (χ1v) is 7.74. The number of thiazole rings is 1. The fourth-order valence-electron chi connectivity index (χ4n) is 2.14. The molecule has 1 aliphatic heterocycles. The largest absolute Gasteiger partial charge is 0.489 e. The van der Waals surface area contributed by atoms with Crippen LogP contribution in [-0.2, 0) is 0 Å². The number of nitrogens with zero attached hydrogens (tertiary/aromatic N) is 2. The summed E-state index contributed by atoms with van der Waals surface area (Å²) in [4.78, 5) is 18.6. The van der Waals surface area contributed by atoms with Gasteiger partial charge in [0.2, 0.25) is 0 Å². The highest BCUT2D eigenvalue weighted by atomic mass is 79.9. The highest BCUT2D eigenvalue weighted by Gasteiger charge is 2.33. The Hall–Kier alpha value is -1.44. The van der Waals surface area contributed by atoms with E-state index in [-0.39, 0.29) is 11.9 Å². The molecule has 2 heterocycles. The molecule has 0 radical (unpaired) electrons. The Morgan fingerprint density at radius 3 is 3.05 bits per heavy atom. The van der Waals surface area contributed by atoms with Crippen molar-refractivity contribution in [2.75, 3.05) is 18.1 Å². The first-order valence-electron chi connectivity index (χ1n) is 6.07. The van der Waals surface area contributed by atoms with E-state index in [2.05, 4.69) is 20.9 Å². The third-order valence-electron chi connectivity index (χ3n) is 3.07. The van der Waals surface area contributed by atoms with E-state index in [0.717, 1.165) is 5.69 Å². The average Bonchev–Trinajstić information content (AvgIpc) is 2.92. The first-order chi connectivity index (χ1) is 9.70. The summed E-state index contributed by atoms with van der Waals surface area (Å²) in [6.07, 6.45) is 0. The van der Waals surface area contributed by atoms with Gasteiger partial charge in [0.1, 0.15) is 17.0 Å². The minimum atomic E-state index is -0.180. The van der Waals surface area contributed by atoms with Gasteiger partial charge in [0, 0.05) is 11.9 Å². The van der Waals surface area contributed by atoms with E-state index in [1.54, 1.807) is 10.3 Å². The molecule has 1 aromatic carbocycles. The van der Waals surface area contributed by atoms with Crippen LogP contribution in [-0.4, -0.2) is 30.1 Å². The molecule has 1 atom stereocenters. The van der Waals surface area contributed by atoms with E-state index in [1.807, 2.05) is 24.3 Å². The average molecular weight is 354 g/mol. The maximum Gasteiger partial charge on any atom is 0.287 e. The summed E-state index contributed by atoms with van der Waals surface area (Å²) in [7, 11) is 0. The molecule has 0 bridgehead atoms. The predicted molar refractivity (Wildman–Crippen MR) is 81.4 cm³/mol. The summed E-state index contributed by atoms with van der Waals surface area (Å²) in [6.45, 7) is 0.735. The van der Waals surface area contributed by atoms with Gasteiger partial charge in [0.15, 0.2) is 5.01 Å². The Morgan fingerprint density at radius 1 is 1.55 bits per heavy atom. The van der Waals surface area contributed by atoms with Crippen LogP contribution in [0.15, 0.2) is 34.2 Å². The number of anilines is 1. The van der Waals surface area contributed by atoms with Gasteiger partial charge in [-0.15, -0.1) is 11.3 Å². The Kier molecular flexibility index (Phi) is 3.73. The molecule has 1 amide bonds. The number of benzene rings is 1. The van der Waals surface area contributed by atoms with Gasteiger partial charge in [-0.05, 0) is 28.1 Å². The van der Waals surface area contributed by atoms with Crippen molar-refractivity contribution in [2.24, 2.45) is 5.73 Å². The van der Waals surface area contributed by atoms with Crippen LogP contribution in [0.5, 0.6) is 5.75 Å². The van der Waals surface area contributed by atoms with Crippen LogP contribution >= 0.6 is 27.3 Å². The lowest BCUT2D eigenvalue weighted by atomic mass is 10.1. The standard InChI is InChI=1S/C13H12BrN3O2S/c14-11-7-20-12(16-11)13(18)17-8(5-15)6-19-10-4-2-1-3-9(10)17/h1-4,7-8H,5-6,15H2/t8-/m0/s1. The molecule has 5 nitrogen and oxygen atoms in total. The van der Waals surface area contributed by atoms with Crippen LogP contribution in [0.25, 0.3) is 0 Å². The van der Waals surface area contributed by atoms with E-state index >= 15 is 0 Å². The van der Waals surface area contributed by atoms with E-state index in [0.29, 0.717) is 28.5 Å². The topological polar surface area (TPSA) is 68.5 Å². The van der Waals surface area contributed by atoms with Crippen LogP contribution < -0.4 is 15.4 Å². The molecule has 0 fully saturated rings. The SMILES string of the molecule is NC[C@H]1COc2ccccc2N1C(=O)c1nc(Br)cs1. The van der Waals surface area contributed by atoms with Crippen molar-refractivity contribution >= 4 is 38.9 Å². The van der Waals surface area contributed by atoms with Gasteiger partial charge >= 0.3 is 0 Å². The summed E-state index contributed by atoms with van der Waals surface area (Å²) in [5.41, 5.74) is 6.51. The monoisotopic (exact) mass is 353 g/mol. The van der Waals surface area contributed by atoms with Gasteiger partial charge in [-0.3, -0.25) is 9.69 Å². The molecule has 7 heteroatoms. The van der Waals surface area contributed by atoms with Crippen molar-refractivity contribution in [2.45, 2.75) is 6.04 Å². The summed E-state index contributed by atoms with van der Waals surface area (Å²) in [6, 6.07) is 7.28. The van der Waals surface area contributed by atoms with E-state index < -0.39 is 0 Å². The molecule has 0 saturated heterocycles. The number of aromatic nitrogens is 1. The van der Waals surface area contributed by atoms with Gasteiger partial charge in [0.25, 0.3) is 5.91 Å². The van der Waals surface area contributed by atoms with Crippen LogP contribution in [0.1, 0.15) is 9.80 Å². The third-order valence-corrected chi connectivity index (χ3v) is 4.61. The zero-order valence-electron chi connectivity index (χ0n) is 10.5. The molecule has 1 aromatic heterocycles. The lowest BCUT2D eigenvalue weighted by Gasteiger charge is -2.35. The maximum atomic E-state index is 12.7. The second-order valence-corrected chi connectivity index (χ2v) is 5.99. The molecule has 2 N–H and O–H groups in total. The van der Waals surface area contributed by atoms with Gasteiger partial charge in [-0.25, -0.2) is 4.98 Å². The van der Waals surface area contributed by atoms with E-state index in [4.69, 9.17) is 10.5 Å². The van der Waals surface area contributed by atoms with Crippen LogP contribution in [0.4, 0.5) is 5.69 Å². The van der Waals surface area contributed by atoms with Crippen molar-refractivity contribution < 1.29 is 9.53 Å². The number of carbonyl (C=O) groups excluding carboxylic acids is 1. The number of ether oxygens (including phenoxy) is 1. The number of carbonyl (C=O) groups is 1. The van der Waals surface area contributed by atoms with Crippen LogP contribution in [0.3, 0.4) is 0 Å². The number of amides is 1. The number of halogens is 1. The van der Waals surface area contributed by atoms with Crippen molar-refractivity contribution in [3.8, 4) is 5.75 Å². The van der Waals surface area contributed by atoms with E-state index in [9.17, 15) is 4.79 Å². The Labute approximate surface area is 128 Å². The Morgan fingerprint density at radius 2 is 2.35 bits per heavy atom. The number of nitrogens with two attached hydrogens (primary N) is 1. The minimum Gasteiger partial charge on any atom is -0.489 e. The van der Waals surface area contributed by atoms with Gasteiger partial charge in [-0.1, -0.05) is 12.1 Å². The Balaban J connectivity index is 2.02. The molecule has 0 unspecified atom stereocenters. The minimum absolute atomic E-state index is 0.146. The van der Waals surface area contributed by atoms with Crippen molar-refractivity contribution in [1.82, 2.24) is 4.98 Å². The smallest absolute Gasteiger partial charge is 0.287 e. The summed E-state index contributed by atoms with van der Waals surface area (Å²) >= 11 is 4.58. The predicted octanol–water partition coefficient (Wildman–Crippen LogP) is 2.27. The summed E-state index contributed by atoms with van der Waals surface area (Å²) in [5.74, 6) is 0.549. The molecular formula is C13H12BrN3O2S. The normalized spacial score (nSPS) is 17.5. The highest BCUT2D eigenvalue weighted by Crippen LogP contribution is 2.34. The highest BCUT2D eigenvalue weighted by molar-refractivity contribution is 9.10. The van der Waals surface area contributed by atoms with E-state index in [1.165, 1.54) is 11.3 Å². The molecule has 0 aliphatic carbocycles. The number of para-hydroxylation sites is 2. The number of hydrogen-bond donors (Lipinski definition) is 1. The van der Waals surface area contributed by atoms with Crippen LogP contribution in [0.2, 0.25) is 0 Å². The zero-order chi connectivity index (χ0) is 14.1. The molecule has 20 heavy (non-hydrogen) atoms. The van der Waals surface area contributed by atoms with Gasteiger partial charge < -0.3 is 10.5 Å². The van der Waals surface area contributed by atoms with Crippen LogP contribution in [0, 0.1) is 0 Å². The number of fused-ring (bicyclic) bond motifs is 1. The van der Waals surface area contributed by atoms with Crippen molar-refractivity contribution in [3.05, 3.63) is 39.3 Å². The second kappa shape index (κ2) is 5.51. The van der Waals surface area contributed by atoms with Gasteiger partial charge in [0.05, 0.1) is 11.7 Å². The zero-order valence-corrected chi connectivity index (χ0v) is 12.9. The number of rotatable bonds is 2. The molecule has 104 valence electrons. The molecule has 1 aliphatic rings. The lowest BCUT2D eigenvalue weighted by molar-refractivity contribution is 0.0958. The van der Waals surface area contributed by atoms with Gasteiger partial charge in [-0.2, -0.15) is 0 Å². The summed E-state index contributed by atoms with van der Waals surface area (Å²) in [5, 5.41) is 2.23. The molecule has 3 rings (SSSR count). The maximum absolute atomic E-state index is 12.7. The fraction of sp³-hybridized carbons (Fsp3) is 0.231. The fourth-order valence-corrected chi connectivity index (χ4v) is 3.33. The quantitative estimate of drug-likeness (QED) is 0.898. The lowest BCUT2D eigenvalue weighted by Crippen LogP contribution is -2.50.